The summed E-state index contributed by atoms with van der Waals surface area (Å²) in [4.78, 5) is 33.7. The standard InChI is InChI=1S/C22H16Cl2N4O3/c1-31-15-6-4-14(5-7-15)11-27-12-19(16-3-2-8-26-22(16)27)28(20(30)13-29)21-17(23)9-25-10-18(21)24/h2-10,12-13H,11H2,1H3. The van der Waals surface area contributed by atoms with Gasteiger partial charge in [0.05, 0.1) is 28.5 Å². The number of halogens is 2. The van der Waals surface area contributed by atoms with Crippen LogP contribution in [-0.2, 0) is 16.1 Å². The Kier molecular flexibility index (Phi) is 5.88. The summed E-state index contributed by atoms with van der Waals surface area (Å²) in [5.41, 5.74) is 2.26. The van der Waals surface area contributed by atoms with Gasteiger partial charge in [-0.25, -0.2) is 4.98 Å². The summed E-state index contributed by atoms with van der Waals surface area (Å²) in [6.45, 7) is 0.485. The van der Waals surface area contributed by atoms with E-state index in [0.29, 0.717) is 23.3 Å². The van der Waals surface area contributed by atoms with Crippen LogP contribution in [0.5, 0.6) is 5.75 Å². The zero-order valence-corrected chi connectivity index (χ0v) is 17.8. The smallest absolute Gasteiger partial charge is 0.295 e. The van der Waals surface area contributed by atoms with Gasteiger partial charge in [-0.1, -0.05) is 35.3 Å². The van der Waals surface area contributed by atoms with Crippen molar-refractivity contribution in [3.05, 3.63) is 76.8 Å². The van der Waals surface area contributed by atoms with Crippen LogP contribution < -0.4 is 9.64 Å². The maximum absolute atomic E-state index is 12.7. The highest BCUT2D eigenvalue weighted by atomic mass is 35.5. The summed E-state index contributed by atoms with van der Waals surface area (Å²) >= 11 is 12.6. The molecule has 7 nitrogen and oxygen atoms in total. The van der Waals surface area contributed by atoms with Crippen LogP contribution in [0.15, 0.2) is 61.2 Å². The topological polar surface area (TPSA) is 77.3 Å². The molecule has 4 aromatic rings. The summed E-state index contributed by atoms with van der Waals surface area (Å²) in [7, 11) is 1.61. The Balaban J connectivity index is 1.87. The Bertz CT molecular complexity index is 1250. The van der Waals surface area contributed by atoms with E-state index in [2.05, 4.69) is 9.97 Å². The molecule has 0 radical (unpaired) electrons. The Morgan fingerprint density at radius 3 is 2.52 bits per heavy atom. The molecular formula is C22H16Cl2N4O3. The summed E-state index contributed by atoms with van der Waals surface area (Å²) in [6, 6.07) is 11.2. The van der Waals surface area contributed by atoms with Crippen LogP contribution in [0.25, 0.3) is 11.0 Å². The van der Waals surface area contributed by atoms with E-state index in [1.807, 2.05) is 34.9 Å². The van der Waals surface area contributed by atoms with Crippen LogP contribution in [0.2, 0.25) is 10.0 Å². The quantitative estimate of drug-likeness (QED) is 0.312. The van der Waals surface area contributed by atoms with Crippen LogP contribution in [-0.4, -0.2) is 33.8 Å². The molecule has 31 heavy (non-hydrogen) atoms. The molecule has 1 aromatic carbocycles. The Morgan fingerprint density at radius 2 is 1.87 bits per heavy atom. The highest BCUT2D eigenvalue weighted by Crippen LogP contribution is 2.40. The first-order chi connectivity index (χ1) is 15.0. The van der Waals surface area contributed by atoms with Gasteiger partial charge in [-0.15, -0.1) is 0 Å². The molecule has 0 saturated heterocycles. The van der Waals surface area contributed by atoms with E-state index < -0.39 is 5.91 Å². The lowest BCUT2D eigenvalue weighted by Gasteiger charge is -2.21. The molecule has 0 spiro atoms. The molecule has 1 amide bonds. The molecule has 0 saturated carbocycles. The van der Waals surface area contributed by atoms with Crippen LogP contribution in [0.1, 0.15) is 5.56 Å². The number of ether oxygens (including phenoxy) is 1. The number of nitrogens with zero attached hydrogens (tertiary/aromatic N) is 4. The van der Waals surface area contributed by atoms with Gasteiger partial charge in [0.1, 0.15) is 11.4 Å². The summed E-state index contributed by atoms with van der Waals surface area (Å²) in [5.74, 6) is -0.0630. The number of aromatic nitrogens is 3. The lowest BCUT2D eigenvalue weighted by atomic mass is 10.2. The number of hydrogen-bond acceptors (Lipinski definition) is 5. The number of anilines is 2. The van der Waals surface area contributed by atoms with Crippen molar-refractivity contribution < 1.29 is 14.3 Å². The highest BCUT2D eigenvalue weighted by molar-refractivity contribution is 6.43. The van der Waals surface area contributed by atoms with Crippen molar-refractivity contribution in [2.75, 3.05) is 12.0 Å². The average molecular weight is 455 g/mol. The van der Waals surface area contributed by atoms with Gasteiger partial charge in [0.2, 0.25) is 6.29 Å². The Labute approximate surface area is 187 Å². The third-order valence-electron chi connectivity index (χ3n) is 4.74. The number of rotatable bonds is 6. The maximum Gasteiger partial charge on any atom is 0.295 e. The molecule has 0 aliphatic carbocycles. The van der Waals surface area contributed by atoms with E-state index in [1.165, 1.54) is 17.3 Å². The molecule has 3 heterocycles. The molecule has 0 fully saturated rings. The maximum atomic E-state index is 12.7. The molecule has 0 atom stereocenters. The minimum absolute atomic E-state index is 0.141. The largest absolute Gasteiger partial charge is 0.497 e. The van der Waals surface area contributed by atoms with Gasteiger partial charge in [-0.2, -0.15) is 0 Å². The van der Waals surface area contributed by atoms with E-state index in [-0.39, 0.29) is 22.0 Å². The third kappa shape index (κ3) is 3.97. The molecule has 9 heteroatoms. The van der Waals surface area contributed by atoms with Crippen molar-refractivity contribution in [2.45, 2.75) is 6.54 Å². The van der Waals surface area contributed by atoms with Gasteiger partial charge < -0.3 is 9.30 Å². The van der Waals surface area contributed by atoms with E-state index in [0.717, 1.165) is 11.3 Å². The minimum Gasteiger partial charge on any atom is -0.497 e. The first kappa shape index (κ1) is 20.8. The van der Waals surface area contributed by atoms with E-state index >= 15 is 0 Å². The number of fused-ring (bicyclic) bond motifs is 1. The van der Waals surface area contributed by atoms with E-state index in [4.69, 9.17) is 27.9 Å². The van der Waals surface area contributed by atoms with Gasteiger partial charge in [0.25, 0.3) is 5.91 Å². The van der Waals surface area contributed by atoms with Crippen molar-refractivity contribution >= 4 is 57.8 Å². The number of pyridine rings is 2. The summed E-state index contributed by atoms with van der Waals surface area (Å²) in [5, 5.41) is 0.945. The fraction of sp³-hybridized carbons (Fsp3) is 0.0909. The SMILES string of the molecule is COc1ccc(Cn2cc(N(C(=O)C=O)c3c(Cl)cncc3Cl)c3cccnc32)cc1. The molecular weight excluding hydrogens is 439 g/mol. The molecule has 3 aromatic heterocycles. The first-order valence-corrected chi connectivity index (χ1v) is 9.94. The van der Waals surface area contributed by atoms with Crippen molar-refractivity contribution in [3.63, 3.8) is 0 Å². The van der Waals surface area contributed by atoms with Gasteiger partial charge >= 0.3 is 0 Å². The summed E-state index contributed by atoms with van der Waals surface area (Å²) < 4.78 is 7.10. The van der Waals surface area contributed by atoms with Crippen molar-refractivity contribution in [1.82, 2.24) is 14.5 Å². The fourth-order valence-corrected chi connectivity index (χ4v) is 3.88. The second kappa shape index (κ2) is 8.75. The molecule has 0 aliphatic heterocycles. The molecule has 0 unspecified atom stereocenters. The van der Waals surface area contributed by atoms with E-state index in [1.54, 1.807) is 25.6 Å². The zero-order valence-electron chi connectivity index (χ0n) is 16.3. The lowest BCUT2D eigenvalue weighted by molar-refractivity contribution is -0.129. The second-order valence-electron chi connectivity index (χ2n) is 6.61. The van der Waals surface area contributed by atoms with E-state index in [9.17, 15) is 9.59 Å². The van der Waals surface area contributed by atoms with Gasteiger partial charge in [-0.05, 0) is 29.8 Å². The number of aldehydes is 1. The molecule has 0 N–H and O–H groups in total. The van der Waals surface area contributed by atoms with Gasteiger partial charge in [0, 0.05) is 36.7 Å². The normalized spacial score (nSPS) is 10.8. The Hall–Kier alpha value is -3.42. The lowest BCUT2D eigenvalue weighted by Crippen LogP contribution is -2.27. The zero-order chi connectivity index (χ0) is 22.0. The van der Waals surface area contributed by atoms with Crippen molar-refractivity contribution in [1.29, 1.82) is 0 Å². The fourth-order valence-electron chi connectivity index (χ4n) is 3.35. The second-order valence-corrected chi connectivity index (χ2v) is 7.42. The monoisotopic (exact) mass is 454 g/mol. The molecule has 0 aliphatic rings. The minimum atomic E-state index is -0.817. The first-order valence-electron chi connectivity index (χ1n) is 9.18. The predicted molar refractivity (Wildman–Crippen MR) is 119 cm³/mol. The van der Waals surface area contributed by atoms with Gasteiger partial charge in [-0.3, -0.25) is 19.5 Å². The Morgan fingerprint density at radius 1 is 1.16 bits per heavy atom. The number of carbonyl (C=O) groups is 2. The average Bonchev–Trinajstić information content (AvgIpc) is 3.14. The van der Waals surface area contributed by atoms with Crippen molar-refractivity contribution in [3.8, 4) is 5.75 Å². The number of benzene rings is 1. The third-order valence-corrected chi connectivity index (χ3v) is 5.29. The van der Waals surface area contributed by atoms with Crippen molar-refractivity contribution in [2.24, 2.45) is 0 Å². The summed E-state index contributed by atoms with van der Waals surface area (Å²) in [6.07, 6.45) is 6.35. The predicted octanol–water partition coefficient (Wildman–Crippen LogP) is 4.66. The number of amides is 1. The highest BCUT2D eigenvalue weighted by Gasteiger charge is 2.26. The van der Waals surface area contributed by atoms with Gasteiger partial charge in [0.15, 0.2) is 0 Å². The number of hydrogen-bond donors (Lipinski definition) is 0. The van der Waals surface area contributed by atoms with Crippen LogP contribution >= 0.6 is 23.2 Å². The molecule has 156 valence electrons. The van der Waals surface area contributed by atoms with Crippen LogP contribution in [0.3, 0.4) is 0 Å². The van der Waals surface area contributed by atoms with Crippen LogP contribution in [0, 0.1) is 0 Å². The molecule has 4 rings (SSSR count). The van der Waals surface area contributed by atoms with Crippen LogP contribution in [0.4, 0.5) is 11.4 Å². The number of carbonyl (C=O) groups excluding carboxylic acids is 2. The number of methoxy groups -OCH3 is 1. The molecule has 0 bridgehead atoms.